The summed E-state index contributed by atoms with van der Waals surface area (Å²) in [6.45, 7) is 1.28. The van der Waals surface area contributed by atoms with Crippen LogP contribution in [0.3, 0.4) is 0 Å². The third-order valence-electron chi connectivity index (χ3n) is 5.48. The van der Waals surface area contributed by atoms with Gasteiger partial charge in [0.1, 0.15) is 5.75 Å². The van der Waals surface area contributed by atoms with Crippen molar-refractivity contribution in [2.45, 2.75) is 31.8 Å². The molecule has 6 nitrogen and oxygen atoms in total. The highest BCUT2D eigenvalue weighted by Crippen LogP contribution is 2.33. The molecule has 1 aromatic heterocycles. The number of ether oxygens (including phenoxy) is 1. The minimum atomic E-state index is 0.143. The van der Waals surface area contributed by atoms with Gasteiger partial charge in [-0.3, -0.25) is 14.5 Å². The number of aromatic nitrogens is 3. The molecule has 1 aliphatic heterocycles. The van der Waals surface area contributed by atoms with E-state index in [0.717, 1.165) is 41.0 Å². The van der Waals surface area contributed by atoms with Crippen molar-refractivity contribution in [2.24, 2.45) is 0 Å². The van der Waals surface area contributed by atoms with Gasteiger partial charge in [0, 0.05) is 29.5 Å². The van der Waals surface area contributed by atoms with E-state index in [1.807, 2.05) is 45.9 Å². The minimum absolute atomic E-state index is 0.143. The monoisotopic (exact) mass is 486 g/mol. The second kappa shape index (κ2) is 9.14. The third-order valence-corrected chi connectivity index (χ3v) is 6.32. The predicted molar refractivity (Wildman–Crippen MR) is 122 cm³/mol. The number of amides is 1. The van der Waals surface area contributed by atoms with Crippen LogP contribution in [0.15, 0.2) is 53.0 Å². The number of nitrogens with zero attached hydrogens (tertiary/aromatic N) is 3. The Morgan fingerprint density at radius 3 is 2.67 bits per heavy atom. The lowest BCUT2D eigenvalue weighted by molar-refractivity contribution is -0.132. The van der Waals surface area contributed by atoms with Crippen molar-refractivity contribution in [3.63, 3.8) is 0 Å². The lowest BCUT2D eigenvalue weighted by atomic mass is 10.0. The summed E-state index contributed by atoms with van der Waals surface area (Å²) in [6, 6.07) is 16.0. The fraction of sp³-hybridized carbons (Fsp3) is 0.318. The highest BCUT2D eigenvalue weighted by atomic mass is 79.9. The fourth-order valence-corrected chi connectivity index (χ4v) is 4.42. The molecule has 0 bridgehead atoms. The number of carbonyl (C=O) groups is 1. The first-order valence-electron chi connectivity index (χ1n) is 9.91. The van der Waals surface area contributed by atoms with E-state index < -0.39 is 0 Å². The Morgan fingerprint density at radius 2 is 1.97 bits per heavy atom. The van der Waals surface area contributed by atoms with Crippen molar-refractivity contribution in [3.8, 4) is 17.1 Å². The topological polar surface area (TPSA) is 63.1 Å². The number of rotatable bonds is 6. The normalized spacial score (nSPS) is 16.1. The van der Waals surface area contributed by atoms with Gasteiger partial charge in [-0.25, -0.2) is 0 Å². The predicted octanol–water partition coefficient (Wildman–Crippen LogP) is 5.13. The van der Waals surface area contributed by atoms with Crippen LogP contribution in [0, 0.1) is 4.77 Å². The first-order chi connectivity index (χ1) is 14.6. The number of benzene rings is 2. The van der Waals surface area contributed by atoms with E-state index in [1.165, 1.54) is 5.56 Å². The van der Waals surface area contributed by atoms with Crippen LogP contribution in [0.1, 0.15) is 30.9 Å². The van der Waals surface area contributed by atoms with Crippen molar-refractivity contribution in [1.29, 1.82) is 0 Å². The van der Waals surface area contributed by atoms with Crippen LogP contribution in [0.5, 0.6) is 5.75 Å². The molecule has 30 heavy (non-hydrogen) atoms. The molecule has 1 amide bonds. The summed E-state index contributed by atoms with van der Waals surface area (Å²) in [5.74, 6) is 1.65. The Labute approximate surface area is 189 Å². The van der Waals surface area contributed by atoms with Crippen LogP contribution < -0.4 is 4.74 Å². The van der Waals surface area contributed by atoms with Gasteiger partial charge in [0.25, 0.3) is 0 Å². The molecule has 1 unspecified atom stereocenters. The summed E-state index contributed by atoms with van der Waals surface area (Å²) in [7, 11) is 1.64. The summed E-state index contributed by atoms with van der Waals surface area (Å²) in [5.41, 5.74) is 2.10. The number of hydrogen-bond donors (Lipinski definition) is 1. The van der Waals surface area contributed by atoms with E-state index in [9.17, 15) is 4.79 Å². The quantitative estimate of drug-likeness (QED) is 0.490. The van der Waals surface area contributed by atoms with Gasteiger partial charge in [0.15, 0.2) is 10.6 Å². The van der Waals surface area contributed by atoms with Crippen molar-refractivity contribution in [3.05, 3.63) is 63.3 Å². The number of carbonyl (C=O) groups excluding carboxylic acids is 1. The van der Waals surface area contributed by atoms with Gasteiger partial charge >= 0.3 is 0 Å². The Kier molecular flexibility index (Phi) is 6.34. The molecule has 1 N–H and O–H groups in total. The maximum Gasteiger partial charge on any atom is 0.224 e. The van der Waals surface area contributed by atoms with Gasteiger partial charge < -0.3 is 9.64 Å². The van der Waals surface area contributed by atoms with Crippen molar-refractivity contribution in [2.75, 3.05) is 13.7 Å². The molecule has 0 aliphatic carbocycles. The number of hydrogen-bond acceptors (Lipinski definition) is 4. The Balaban J connectivity index is 1.48. The van der Waals surface area contributed by atoms with E-state index in [2.05, 4.69) is 38.3 Å². The summed E-state index contributed by atoms with van der Waals surface area (Å²) in [5, 5.41) is 7.22. The molecule has 0 spiro atoms. The highest BCUT2D eigenvalue weighted by Gasteiger charge is 2.29. The van der Waals surface area contributed by atoms with E-state index >= 15 is 0 Å². The summed E-state index contributed by atoms with van der Waals surface area (Å²) in [6.07, 6.45) is 2.40. The molecular weight excluding hydrogens is 464 g/mol. The third kappa shape index (κ3) is 4.34. The summed E-state index contributed by atoms with van der Waals surface area (Å²) in [4.78, 5) is 15.1. The number of H-pyrrole nitrogens is 1. The Hall–Kier alpha value is -2.45. The van der Waals surface area contributed by atoms with Gasteiger partial charge in [-0.15, -0.1) is 0 Å². The number of aromatic amines is 1. The summed E-state index contributed by atoms with van der Waals surface area (Å²) < 4.78 is 8.67. The number of methoxy groups -OCH3 is 1. The molecule has 156 valence electrons. The van der Waals surface area contributed by atoms with Crippen LogP contribution >= 0.6 is 28.1 Å². The molecule has 0 saturated carbocycles. The van der Waals surface area contributed by atoms with E-state index in [-0.39, 0.29) is 11.9 Å². The lowest BCUT2D eigenvalue weighted by Gasteiger charge is -2.25. The molecule has 2 aromatic carbocycles. The average molecular weight is 487 g/mol. The molecule has 3 aromatic rings. The average Bonchev–Trinajstić information content (AvgIpc) is 3.40. The van der Waals surface area contributed by atoms with Crippen molar-refractivity contribution >= 4 is 34.1 Å². The Morgan fingerprint density at radius 1 is 1.23 bits per heavy atom. The molecule has 1 saturated heterocycles. The zero-order chi connectivity index (χ0) is 21.1. The van der Waals surface area contributed by atoms with Gasteiger partial charge in [-0.05, 0) is 67.0 Å². The van der Waals surface area contributed by atoms with E-state index in [1.54, 1.807) is 7.11 Å². The smallest absolute Gasteiger partial charge is 0.224 e. The molecular formula is C22H23BrN4O2S. The highest BCUT2D eigenvalue weighted by molar-refractivity contribution is 9.10. The maximum absolute atomic E-state index is 13.1. The number of likely N-dealkylation sites (tertiary alicyclic amines) is 1. The number of halogens is 1. The van der Waals surface area contributed by atoms with Gasteiger partial charge in [-0.1, -0.05) is 28.1 Å². The molecule has 4 rings (SSSR count). The molecule has 1 atom stereocenters. The fourth-order valence-electron chi connectivity index (χ4n) is 3.93. The van der Waals surface area contributed by atoms with Gasteiger partial charge in [-0.2, -0.15) is 5.10 Å². The second-order valence-electron chi connectivity index (χ2n) is 7.28. The van der Waals surface area contributed by atoms with Gasteiger partial charge in [0.2, 0.25) is 5.91 Å². The first-order valence-corrected chi connectivity index (χ1v) is 11.1. The van der Waals surface area contributed by atoms with Crippen LogP contribution in [0.4, 0.5) is 0 Å². The van der Waals surface area contributed by atoms with Crippen molar-refractivity contribution < 1.29 is 9.53 Å². The second-order valence-corrected chi connectivity index (χ2v) is 8.58. The Bertz CT molecular complexity index is 1080. The minimum Gasteiger partial charge on any atom is -0.497 e. The van der Waals surface area contributed by atoms with Crippen LogP contribution in [-0.4, -0.2) is 39.2 Å². The molecule has 1 fully saturated rings. The lowest BCUT2D eigenvalue weighted by Crippen LogP contribution is -2.31. The molecule has 1 aliphatic rings. The molecule has 8 heteroatoms. The first kappa shape index (κ1) is 20.8. The van der Waals surface area contributed by atoms with E-state index in [0.29, 0.717) is 17.7 Å². The van der Waals surface area contributed by atoms with Crippen molar-refractivity contribution in [1.82, 2.24) is 19.7 Å². The molecule has 0 radical (unpaired) electrons. The van der Waals surface area contributed by atoms with Gasteiger partial charge in [0.05, 0.1) is 13.2 Å². The molecule has 2 heterocycles. The standard InChI is InChI=1S/C22H23BrN4O2S/c1-29-18-10-6-16(7-11-18)21-24-25-22(30)27(21)14-12-20(28)26-13-2-3-19(26)15-4-8-17(23)9-5-15/h4-11,19H,2-3,12-14H2,1H3,(H,25,30). The number of nitrogens with one attached hydrogen (secondary N) is 1. The largest absolute Gasteiger partial charge is 0.497 e. The maximum atomic E-state index is 13.1. The zero-order valence-electron chi connectivity index (χ0n) is 16.7. The SMILES string of the molecule is COc1ccc(-c2n[nH]c(=S)n2CCC(=O)N2CCCC2c2ccc(Br)cc2)cc1. The van der Waals surface area contributed by atoms with Crippen LogP contribution in [0.2, 0.25) is 0 Å². The summed E-state index contributed by atoms with van der Waals surface area (Å²) >= 11 is 8.89. The van der Waals surface area contributed by atoms with Crippen LogP contribution in [-0.2, 0) is 11.3 Å². The van der Waals surface area contributed by atoms with E-state index in [4.69, 9.17) is 17.0 Å². The zero-order valence-corrected chi connectivity index (χ0v) is 19.1. The van der Waals surface area contributed by atoms with Crippen LogP contribution in [0.25, 0.3) is 11.4 Å².